The Morgan fingerprint density at radius 1 is 1.26 bits per heavy atom. The van der Waals surface area contributed by atoms with Crippen molar-refractivity contribution in [1.82, 2.24) is 9.80 Å². The molecular formula is C17H20N2O2S2. The van der Waals surface area contributed by atoms with E-state index in [2.05, 4.69) is 4.90 Å². The lowest BCUT2D eigenvalue weighted by Gasteiger charge is -2.28. The van der Waals surface area contributed by atoms with Gasteiger partial charge in [0.05, 0.1) is 18.1 Å². The molecule has 0 aliphatic carbocycles. The van der Waals surface area contributed by atoms with Gasteiger partial charge < -0.3 is 4.74 Å². The maximum Gasteiger partial charge on any atom is 0.266 e. The molecular weight excluding hydrogens is 328 g/mol. The number of benzene rings is 1. The average Bonchev–Trinajstić information content (AvgIpc) is 2.82. The minimum absolute atomic E-state index is 0.0245. The van der Waals surface area contributed by atoms with Crippen molar-refractivity contribution >= 4 is 40.3 Å². The summed E-state index contributed by atoms with van der Waals surface area (Å²) in [6, 6.07) is 8.05. The van der Waals surface area contributed by atoms with E-state index in [1.807, 2.05) is 37.3 Å². The first-order chi connectivity index (χ1) is 11.1. The van der Waals surface area contributed by atoms with Gasteiger partial charge >= 0.3 is 0 Å². The second-order valence-electron chi connectivity index (χ2n) is 5.64. The molecule has 3 rings (SSSR count). The monoisotopic (exact) mass is 348 g/mol. The van der Waals surface area contributed by atoms with Gasteiger partial charge in [0.1, 0.15) is 4.32 Å². The number of rotatable bonds is 4. The molecule has 2 aliphatic heterocycles. The summed E-state index contributed by atoms with van der Waals surface area (Å²) in [6.45, 7) is 6.92. The highest BCUT2D eigenvalue weighted by atomic mass is 32.2. The van der Waals surface area contributed by atoms with Crippen molar-refractivity contribution in [2.45, 2.75) is 6.92 Å². The summed E-state index contributed by atoms with van der Waals surface area (Å²) in [5, 5.41) is 0. The number of carbonyl (C=O) groups excluding carboxylic acids is 1. The molecule has 0 unspecified atom stereocenters. The van der Waals surface area contributed by atoms with Gasteiger partial charge in [0.15, 0.2) is 0 Å². The summed E-state index contributed by atoms with van der Waals surface area (Å²) < 4.78 is 6.00. The van der Waals surface area contributed by atoms with E-state index in [1.54, 1.807) is 4.90 Å². The summed E-state index contributed by atoms with van der Waals surface area (Å²) in [6.07, 6.45) is 1.95. The van der Waals surface area contributed by atoms with E-state index in [1.165, 1.54) is 11.8 Å². The van der Waals surface area contributed by atoms with Crippen molar-refractivity contribution in [3.8, 4) is 0 Å². The molecule has 6 heteroatoms. The van der Waals surface area contributed by atoms with Crippen LogP contribution in [-0.2, 0) is 9.53 Å². The molecule has 122 valence electrons. The van der Waals surface area contributed by atoms with Gasteiger partial charge in [0.25, 0.3) is 5.91 Å². The van der Waals surface area contributed by atoms with Crippen LogP contribution in [0.4, 0.5) is 0 Å². The molecule has 0 bridgehead atoms. The van der Waals surface area contributed by atoms with Crippen molar-refractivity contribution in [2.75, 3.05) is 39.4 Å². The average molecular weight is 348 g/mol. The van der Waals surface area contributed by atoms with E-state index in [0.29, 0.717) is 15.8 Å². The lowest BCUT2D eigenvalue weighted by atomic mass is 10.1. The standard InChI is InChI=1S/C17H20N2O2S2/c1-13-4-2-3-5-14(13)12-15-16(20)19(17(22)23-15)7-6-18-8-10-21-11-9-18/h2-5,12H,6-11H2,1H3. The highest BCUT2D eigenvalue weighted by Gasteiger charge is 2.32. The smallest absolute Gasteiger partial charge is 0.266 e. The number of ether oxygens (including phenoxy) is 1. The van der Waals surface area contributed by atoms with Gasteiger partial charge in [-0.1, -0.05) is 48.2 Å². The summed E-state index contributed by atoms with van der Waals surface area (Å²) in [5.41, 5.74) is 2.23. The number of morpholine rings is 1. The Kier molecular flexibility index (Phi) is 5.48. The molecule has 2 saturated heterocycles. The quantitative estimate of drug-likeness (QED) is 0.617. The van der Waals surface area contributed by atoms with Gasteiger partial charge in [-0.05, 0) is 24.1 Å². The van der Waals surface area contributed by atoms with Crippen LogP contribution in [0.5, 0.6) is 0 Å². The first-order valence-corrected chi connectivity index (χ1v) is 8.99. The predicted molar refractivity (Wildman–Crippen MR) is 98.3 cm³/mol. The van der Waals surface area contributed by atoms with Gasteiger partial charge in [-0.15, -0.1) is 0 Å². The van der Waals surface area contributed by atoms with Crippen LogP contribution in [0.2, 0.25) is 0 Å². The highest BCUT2D eigenvalue weighted by Crippen LogP contribution is 2.32. The number of hydrogen-bond acceptors (Lipinski definition) is 5. The molecule has 2 heterocycles. The Morgan fingerprint density at radius 2 is 2.00 bits per heavy atom. The Hall–Kier alpha value is -1.21. The van der Waals surface area contributed by atoms with Crippen molar-refractivity contribution in [1.29, 1.82) is 0 Å². The Bertz CT molecular complexity index is 639. The fourth-order valence-electron chi connectivity index (χ4n) is 2.65. The molecule has 1 amide bonds. The lowest BCUT2D eigenvalue weighted by Crippen LogP contribution is -2.42. The van der Waals surface area contributed by atoms with Crippen LogP contribution in [0, 0.1) is 6.92 Å². The zero-order chi connectivity index (χ0) is 16.2. The topological polar surface area (TPSA) is 32.8 Å². The van der Waals surface area contributed by atoms with E-state index in [0.717, 1.165) is 44.0 Å². The van der Waals surface area contributed by atoms with Crippen molar-refractivity contribution in [2.24, 2.45) is 0 Å². The lowest BCUT2D eigenvalue weighted by molar-refractivity contribution is -0.122. The molecule has 0 atom stereocenters. The third-order valence-electron chi connectivity index (χ3n) is 4.09. The first kappa shape index (κ1) is 16.6. The van der Waals surface area contributed by atoms with E-state index in [4.69, 9.17) is 17.0 Å². The number of carbonyl (C=O) groups is 1. The van der Waals surface area contributed by atoms with Crippen molar-refractivity contribution in [3.63, 3.8) is 0 Å². The summed E-state index contributed by atoms with van der Waals surface area (Å²) in [5.74, 6) is 0.0245. The van der Waals surface area contributed by atoms with Gasteiger partial charge in [0.2, 0.25) is 0 Å². The highest BCUT2D eigenvalue weighted by molar-refractivity contribution is 8.26. The van der Waals surface area contributed by atoms with Crippen LogP contribution in [0.25, 0.3) is 6.08 Å². The fraction of sp³-hybridized carbons (Fsp3) is 0.412. The third kappa shape index (κ3) is 4.01. The maximum absolute atomic E-state index is 12.6. The van der Waals surface area contributed by atoms with Gasteiger partial charge in [-0.3, -0.25) is 14.6 Å². The zero-order valence-corrected chi connectivity index (χ0v) is 14.8. The first-order valence-electron chi connectivity index (χ1n) is 7.76. The molecule has 0 radical (unpaired) electrons. The van der Waals surface area contributed by atoms with Crippen LogP contribution in [-0.4, -0.2) is 59.4 Å². The van der Waals surface area contributed by atoms with Crippen molar-refractivity contribution < 1.29 is 9.53 Å². The molecule has 0 saturated carbocycles. The molecule has 0 aromatic heterocycles. The van der Waals surface area contributed by atoms with Gasteiger partial charge in [-0.25, -0.2) is 0 Å². The van der Waals surface area contributed by atoms with Gasteiger partial charge in [0, 0.05) is 26.2 Å². The number of aryl methyl sites for hydroxylation is 1. The predicted octanol–water partition coefficient (Wildman–Crippen LogP) is 2.53. The normalized spacial score (nSPS) is 21.4. The van der Waals surface area contributed by atoms with Gasteiger partial charge in [-0.2, -0.15) is 0 Å². The summed E-state index contributed by atoms with van der Waals surface area (Å²) >= 11 is 6.79. The Morgan fingerprint density at radius 3 is 2.74 bits per heavy atom. The number of amides is 1. The van der Waals surface area contributed by atoms with E-state index in [-0.39, 0.29) is 5.91 Å². The SMILES string of the molecule is Cc1ccccc1C=C1SC(=S)N(CCN2CCOCC2)C1=O. The number of nitrogens with zero attached hydrogens (tertiary/aromatic N) is 2. The van der Waals surface area contributed by atoms with Crippen LogP contribution in [0.3, 0.4) is 0 Å². The minimum atomic E-state index is 0.0245. The molecule has 0 spiro atoms. The molecule has 1 aromatic rings. The van der Waals surface area contributed by atoms with Crippen molar-refractivity contribution in [3.05, 3.63) is 40.3 Å². The number of thiocarbonyl (C=S) groups is 1. The molecule has 0 N–H and O–H groups in total. The Labute approximate surface area is 146 Å². The number of thioether (sulfide) groups is 1. The summed E-state index contributed by atoms with van der Waals surface area (Å²) in [7, 11) is 0. The van der Waals surface area contributed by atoms with Crippen LogP contribution in [0.1, 0.15) is 11.1 Å². The Balaban J connectivity index is 1.66. The zero-order valence-electron chi connectivity index (χ0n) is 13.2. The van der Waals surface area contributed by atoms with Crippen LogP contribution in [0.15, 0.2) is 29.2 Å². The summed E-state index contributed by atoms with van der Waals surface area (Å²) in [4.78, 5) is 17.4. The van der Waals surface area contributed by atoms with Crippen LogP contribution >= 0.6 is 24.0 Å². The van der Waals surface area contributed by atoms with E-state index >= 15 is 0 Å². The van der Waals surface area contributed by atoms with E-state index in [9.17, 15) is 4.79 Å². The molecule has 2 fully saturated rings. The molecule has 1 aromatic carbocycles. The third-order valence-corrected chi connectivity index (χ3v) is 5.47. The van der Waals surface area contributed by atoms with E-state index < -0.39 is 0 Å². The maximum atomic E-state index is 12.6. The molecule has 23 heavy (non-hydrogen) atoms. The number of hydrogen-bond donors (Lipinski definition) is 0. The molecule has 2 aliphatic rings. The van der Waals surface area contributed by atoms with Crippen LogP contribution < -0.4 is 0 Å². The second kappa shape index (κ2) is 7.57. The second-order valence-corrected chi connectivity index (χ2v) is 7.32. The molecule has 4 nitrogen and oxygen atoms in total. The minimum Gasteiger partial charge on any atom is -0.379 e. The largest absolute Gasteiger partial charge is 0.379 e. The fourth-order valence-corrected chi connectivity index (χ4v) is 3.95.